The predicted octanol–water partition coefficient (Wildman–Crippen LogP) is 2.63. The van der Waals surface area contributed by atoms with Crippen LogP contribution >= 0.6 is 0 Å². The van der Waals surface area contributed by atoms with E-state index in [9.17, 15) is 4.79 Å². The summed E-state index contributed by atoms with van der Waals surface area (Å²) in [4.78, 5) is 11.8. The zero-order valence-electron chi connectivity index (χ0n) is 11.9. The summed E-state index contributed by atoms with van der Waals surface area (Å²) >= 11 is 0. The van der Waals surface area contributed by atoms with E-state index in [4.69, 9.17) is 9.47 Å². The summed E-state index contributed by atoms with van der Waals surface area (Å²) in [6, 6.07) is 7.19. The van der Waals surface area contributed by atoms with E-state index in [0.29, 0.717) is 19.1 Å². The van der Waals surface area contributed by atoms with Crippen molar-refractivity contribution in [1.29, 1.82) is 0 Å². The van der Waals surface area contributed by atoms with Crippen molar-refractivity contribution >= 4 is 11.7 Å². The van der Waals surface area contributed by atoms with E-state index in [-0.39, 0.29) is 6.03 Å². The predicted molar refractivity (Wildman–Crippen MR) is 78.2 cm³/mol. The first-order valence-electron chi connectivity index (χ1n) is 7.13. The Kier molecular flexibility index (Phi) is 5.68. The maximum atomic E-state index is 11.8. The molecular weight excluding hydrogens is 256 g/mol. The first kappa shape index (κ1) is 14.7. The molecule has 20 heavy (non-hydrogen) atoms. The molecule has 1 saturated heterocycles. The highest BCUT2D eigenvalue weighted by molar-refractivity contribution is 5.89. The molecule has 1 fully saturated rings. The molecular formula is C15H22N2O3. The number of urea groups is 1. The lowest BCUT2D eigenvalue weighted by Gasteiger charge is -2.22. The second kappa shape index (κ2) is 7.75. The van der Waals surface area contributed by atoms with Gasteiger partial charge in [-0.2, -0.15) is 0 Å². The van der Waals surface area contributed by atoms with Crippen molar-refractivity contribution in [1.82, 2.24) is 5.32 Å². The Morgan fingerprint density at radius 3 is 2.65 bits per heavy atom. The Morgan fingerprint density at radius 2 is 2.00 bits per heavy atom. The van der Waals surface area contributed by atoms with Gasteiger partial charge < -0.3 is 20.1 Å². The van der Waals surface area contributed by atoms with E-state index in [1.807, 2.05) is 31.2 Å². The third-order valence-corrected chi connectivity index (χ3v) is 3.32. The van der Waals surface area contributed by atoms with E-state index in [0.717, 1.165) is 37.5 Å². The summed E-state index contributed by atoms with van der Waals surface area (Å²) < 4.78 is 10.6. The standard InChI is InChI=1S/C15H22N2O3/c1-2-20-14-5-3-13(4-6-14)17-15(18)16-11-12-7-9-19-10-8-12/h3-6,12H,2,7-11H2,1H3,(H2,16,17,18). The summed E-state index contributed by atoms with van der Waals surface area (Å²) in [5.74, 6) is 1.33. The molecule has 0 saturated carbocycles. The van der Waals surface area contributed by atoms with Gasteiger partial charge in [0.2, 0.25) is 0 Å². The third-order valence-electron chi connectivity index (χ3n) is 3.32. The van der Waals surface area contributed by atoms with Gasteiger partial charge in [-0.25, -0.2) is 4.79 Å². The number of carbonyl (C=O) groups is 1. The average molecular weight is 278 g/mol. The van der Waals surface area contributed by atoms with Gasteiger partial charge in [-0.1, -0.05) is 0 Å². The van der Waals surface area contributed by atoms with Gasteiger partial charge >= 0.3 is 6.03 Å². The highest BCUT2D eigenvalue weighted by atomic mass is 16.5. The summed E-state index contributed by atoms with van der Waals surface area (Å²) in [6.07, 6.45) is 2.03. The molecule has 110 valence electrons. The van der Waals surface area contributed by atoms with Crippen LogP contribution in [-0.2, 0) is 4.74 Å². The van der Waals surface area contributed by atoms with Crippen LogP contribution in [0, 0.1) is 5.92 Å². The first-order chi connectivity index (χ1) is 9.78. The molecule has 0 atom stereocenters. The fourth-order valence-electron chi connectivity index (χ4n) is 2.16. The summed E-state index contributed by atoms with van der Waals surface area (Å²) in [5.41, 5.74) is 0.762. The van der Waals surface area contributed by atoms with E-state index < -0.39 is 0 Å². The van der Waals surface area contributed by atoms with Crippen molar-refractivity contribution in [2.45, 2.75) is 19.8 Å². The number of carbonyl (C=O) groups excluding carboxylic acids is 1. The topological polar surface area (TPSA) is 59.6 Å². The zero-order valence-corrected chi connectivity index (χ0v) is 11.9. The number of hydrogen-bond donors (Lipinski definition) is 2. The molecule has 5 heteroatoms. The Balaban J connectivity index is 1.73. The highest BCUT2D eigenvalue weighted by Gasteiger charge is 2.14. The molecule has 0 unspecified atom stereocenters. The second-order valence-electron chi connectivity index (χ2n) is 4.85. The number of amides is 2. The maximum Gasteiger partial charge on any atom is 0.319 e. The Labute approximate surface area is 119 Å². The van der Waals surface area contributed by atoms with Gasteiger partial charge in [0.25, 0.3) is 0 Å². The first-order valence-corrected chi connectivity index (χ1v) is 7.13. The number of benzene rings is 1. The summed E-state index contributed by atoms with van der Waals surface area (Å²) in [6.45, 7) is 4.88. The molecule has 0 aliphatic carbocycles. The van der Waals surface area contributed by atoms with Crippen LogP contribution in [0.3, 0.4) is 0 Å². The number of rotatable bonds is 5. The van der Waals surface area contributed by atoms with Crippen molar-refractivity contribution in [2.24, 2.45) is 5.92 Å². The van der Waals surface area contributed by atoms with Gasteiger partial charge in [0, 0.05) is 25.4 Å². The number of ether oxygens (including phenoxy) is 2. The fourth-order valence-corrected chi connectivity index (χ4v) is 2.16. The molecule has 1 aliphatic heterocycles. The van der Waals surface area contributed by atoms with Crippen LogP contribution in [-0.4, -0.2) is 32.4 Å². The van der Waals surface area contributed by atoms with Gasteiger partial charge in [0.1, 0.15) is 5.75 Å². The van der Waals surface area contributed by atoms with E-state index in [2.05, 4.69) is 10.6 Å². The van der Waals surface area contributed by atoms with Crippen LogP contribution in [0.1, 0.15) is 19.8 Å². The van der Waals surface area contributed by atoms with Crippen molar-refractivity contribution in [2.75, 3.05) is 31.7 Å². The maximum absolute atomic E-state index is 11.8. The van der Waals surface area contributed by atoms with Gasteiger partial charge in [-0.05, 0) is 49.9 Å². The van der Waals surface area contributed by atoms with E-state index >= 15 is 0 Å². The smallest absolute Gasteiger partial charge is 0.319 e. The minimum Gasteiger partial charge on any atom is -0.494 e. The molecule has 2 N–H and O–H groups in total. The average Bonchev–Trinajstić information content (AvgIpc) is 2.49. The largest absolute Gasteiger partial charge is 0.494 e. The molecule has 2 amide bonds. The van der Waals surface area contributed by atoms with Crippen molar-refractivity contribution in [3.05, 3.63) is 24.3 Å². The van der Waals surface area contributed by atoms with Crippen molar-refractivity contribution in [3.63, 3.8) is 0 Å². The van der Waals surface area contributed by atoms with Gasteiger partial charge in [0.15, 0.2) is 0 Å². The van der Waals surface area contributed by atoms with E-state index in [1.54, 1.807) is 0 Å². The lowest BCUT2D eigenvalue weighted by Crippen LogP contribution is -2.35. The van der Waals surface area contributed by atoms with E-state index in [1.165, 1.54) is 0 Å². The second-order valence-corrected chi connectivity index (χ2v) is 4.85. The molecule has 0 spiro atoms. The minimum absolute atomic E-state index is 0.166. The van der Waals surface area contributed by atoms with Crippen molar-refractivity contribution < 1.29 is 14.3 Å². The molecule has 0 radical (unpaired) electrons. The summed E-state index contributed by atoms with van der Waals surface area (Å²) in [5, 5.41) is 5.72. The molecule has 1 aliphatic rings. The van der Waals surface area contributed by atoms with Crippen LogP contribution in [0.2, 0.25) is 0 Å². The SMILES string of the molecule is CCOc1ccc(NC(=O)NCC2CCOCC2)cc1. The van der Waals surface area contributed by atoms with Crippen LogP contribution < -0.4 is 15.4 Å². The van der Waals surface area contributed by atoms with Gasteiger partial charge in [-0.15, -0.1) is 0 Å². The third kappa shape index (κ3) is 4.74. The molecule has 0 bridgehead atoms. The monoisotopic (exact) mass is 278 g/mol. The molecule has 1 aromatic carbocycles. The molecule has 5 nitrogen and oxygen atoms in total. The van der Waals surface area contributed by atoms with Gasteiger partial charge in [0.05, 0.1) is 6.61 Å². The zero-order chi connectivity index (χ0) is 14.2. The number of nitrogens with one attached hydrogen (secondary N) is 2. The molecule has 1 heterocycles. The lowest BCUT2D eigenvalue weighted by molar-refractivity contribution is 0.0671. The Morgan fingerprint density at radius 1 is 1.30 bits per heavy atom. The fraction of sp³-hybridized carbons (Fsp3) is 0.533. The summed E-state index contributed by atoms with van der Waals surface area (Å²) in [7, 11) is 0. The molecule has 2 rings (SSSR count). The quantitative estimate of drug-likeness (QED) is 0.870. The lowest BCUT2D eigenvalue weighted by atomic mass is 10.0. The van der Waals surface area contributed by atoms with Gasteiger partial charge in [-0.3, -0.25) is 0 Å². The van der Waals surface area contributed by atoms with Crippen molar-refractivity contribution in [3.8, 4) is 5.75 Å². The normalized spacial score (nSPS) is 15.7. The number of hydrogen-bond acceptors (Lipinski definition) is 3. The van der Waals surface area contributed by atoms with Crippen LogP contribution in [0.25, 0.3) is 0 Å². The highest BCUT2D eigenvalue weighted by Crippen LogP contribution is 2.16. The Bertz CT molecular complexity index is 414. The van der Waals surface area contributed by atoms with Crippen LogP contribution in [0.15, 0.2) is 24.3 Å². The molecule has 0 aromatic heterocycles. The number of anilines is 1. The molecule has 1 aromatic rings. The Hall–Kier alpha value is -1.75. The van der Waals surface area contributed by atoms with Crippen LogP contribution in [0.5, 0.6) is 5.75 Å². The van der Waals surface area contributed by atoms with Crippen LogP contribution in [0.4, 0.5) is 10.5 Å². The minimum atomic E-state index is -0.166.